The standard InChI is InChI=1S/C20H21NO2/c1-23-18-9-7-14(8-10-18)13-21-19(15-5-3-2-4-6-15)16-11-17(12-16)20(21)22/h2-10,16-17,19H,11-13H2,1H3. The number of carbonyl (C=O) groups excluding carboxylic acids is 1. The summed E-state index contributed by atoms with van der Waals surface area (Å²) in [5.41, 5.74) is 2.42. The van der Waals surface area contributed by atoms with Crippen molar-refractivity contribution in [1.29, 1.82) is 0 Å². The van der Waals surface area contributed by atoms with Gasteiger partial charge in [0.1, 0.15) is 5.75 Å². The molecule has 3 heteroatoms. The van der Waals surface area contributed by atoms with E-state index >= 15 is 0 Å². The van der Waals surface area contributed by atoms with Crippen LogP contribution in [0.25, 0.3) is 0 Å². The van der Waals surface area contributed by atoms with Gasteiger partial charge in [-0.3, -0.25) is 4.79 Å². The van der Waals surface area contributed by atoms with E-state index in [1.54, 1.807) is 7.11 Å². The Labute approximate surface area is 136 Å². The zero-order valence-electron chi connectivity index (χ0n) is 13.3. The van der Waals surface area contributed by atoms with Gasteiger partial charge in [-0.05, 0) is 42.0 Å². The van der Waals surface area contributed by atoms with Gasteiger partial charge in [0.2, 0.25) is 5.91 Å². The van der Waals surface area contributed by atoms with Gasteiger partial charge in [-0.15, -0.1) is 0 Å². The minimum Gasteiger partial charge on any atom is -0.497 e. The Balaban J connectivity index is 1.62. The van der Waals surface area contributed by atoms with Gasteiger partial charge < -0.3 is 9.64 Å². The van der Waals surface area contributed by atoms with E-state index in [2.05, 4.69) is 29.2 Å². The van der Waals surface area contributed by atoms with Crippen LogP contribution in [-0.4, -0.2) is 17.9 Å². The van der Waals surface area contributed by atoms with E-state index in [9.17, 15) is 4.79 Å². The maximum atomic E-state index is 12.8. The SMILES string of the molecule is COc1ccc(CN2C(=O)C3CC(C3)C2c2ccccc2)cc1. The van der Waals surface area contributed by atoms with Crippen LogP contribution in [0.2, 0.25) is 0 Å². The van der Waals surface area contributed by atoms with Gasteiger partial charge in [0, 0.05) is 12.5 Å². The van der Waals surface area contributed by atoms with Crippen molar-refractivity contribution in [2.24, 2.45) is 11.8 Å². The minimum absolute atomic E-state index is 0.218. The van der Waals surface area contributed by atoms with E-state index < -0.39 is 0 Å². The lowest BCUT2D eigenvalue weighted by Gasteiger charge is -2.52. The minimum atomic E-state index is 0.218. The van der Waals surface area contributed by atoms with E-state index in [1.165, 1.54) is 5.56 Å². The fourth-order valence-corrected chi connectivity index (χ4v) is 3.95. The summed E-state index contributed by atoms with van der Waals surface area (Å²) in [4.78, 5) is 14.9. The van der Waals surface area contributed by atoms with Gasteiger partial charge in [0.25, 0.3) is 0 Å². The Bertz CT molecular complexity index is 689. The first-order valence-corrected chi connectivity index (χ1v) is 8.24. The predicted molar refractivity (Wildman–Crippen MR) is 88.9 cm³/mol. The Morgan fingerprint density at radius 3 is 2.39 bits per heavy atom. The van der Waals surface area contributed by atoms with Crippen molar-refractivity contribution in [1.82, 2.24) is 4.90 Å². The molecule has 1 unspecified atom stereocenters. The van der Waals surface area contributed by atoms with E-state index in [4.69, 9.17) is 4.74 Å². The maximum absolute atomic E-state index is 12.8. The van der Waals surface area contributed by atoms with Crippen molar-refractivity contribution in [3.05, 3.63) is 65.7 Å². The molecule has 0 aromatic heterocycles. The van der Waals surface area contributed by atoms with Crippen molar-refractivity contribution in [2.45, 2.75) is 25.4 Å². The number of piperidine rings is 2. The molecule has 5 rings (SSSR count). The first-order chi connectivity index (χ1) is 11.3. The van der Waals surface area contributed by atoms with Gasteiger partial charge >= 0.3 is 0 Å². The summed E-state index contributed by atoms with van der Waals surface area (Å²) in [7, 11) is 1.67. The average Bonchev–Trinajstić information content (AvgIpc) is 2.56. The fourth-order valence-electron chi connectivity index (χ4n) is 3.95. The van der Waals surface area contributed by atoms with Crippen molar-refractivity contribution >= 4 is 5.91 Å². The summed E-state index contributed by atoms with van der Waals surface area (Å²) in [6, 6.07) is 18.7. The summed E-state index contributed by atoms with van der Waals surface area (Å²) in [6.45, 7) is 0.676. The molecule has 2 heterocycles. The number of nitrogens with zero attached hydrogens (tertiary/aromatic N) is 1. The molecule has 3 aliphatic rings. The lowest BCUT2D eigenvalue weighted by atomic mass is 9.64. The average molecular weight is 307 g/mol. The number of hydrogen-bond donors (Lipinski definition) is 0. The summed E-state index contributed by atoms with van der Waals surface area (Å²) in [6.07, 6.45) is 2.11. The molecule has 23 heavy (non-hydrogen) atoms. The van der Waals surface area contributed by atoms with Crippen molar-refractivity contribution in [3.8, 4) is 5.75 Å². The lowest BCUT2D eigenvalue weighted by Crippen LogP contribution is -2.54. The molecule has 3 fully saturated rings. The van der Waals surface area contributed by atoms with Crippen molar-refractivity contribution < 1.29 is 9.53 Å². The number of methoxy groups -OCH3 is 1. The Morgan fingerprint density at radius 2 is 1.74 bits per heavy atom. The van der Waals surface area contributed by atoms with Gasteiger partial charge in [-0.25, -0.2) is 0 Å². The molecule has 0 spiro atoms. The molecular formula is C20H21NO2. The summed E-state index contributed by atoms with van der Waals surface area (Å²) >= 11 is 0. The quantitative estimate of drug-likeness (QED) is 0.859. The smallest absolute Gasteiger partial charge is 0.226 e. The Hall–Kier alpha value is -2.29. The van der Waals surface area contributed by atoms with Crippen LogP contribution in [0.5, 0.6) is 5.75 Å². The van der Waals surface area contributed by atoms with Gasteiger partial charge in [0.15, 0.2) is 0 Å². The van der Waals surface area contributed by atoms with Crippen molar-refractivity contribution in [3.63, 3.8) is 0 Å². The van der Waals surface area contributed by atoms with Crippen LogP contribution < -0.4 is 4.74 Å². The zero-order chi connectivity index (χ0) is 15.8. The van der Waals surface area contributed by atoms with Gasteiger partial charge in [-0.2, -0.15) is 0 Å². The van der Waals surface area contributed by atoms with Crippen LogP contribution in [-0.2, 0) is 11.3 Å². The number of benzene rings is 2. The molecule has 1 aliphatic carbocycles. The van der Waals surface area contributed by atoms with Crippen molar-refractivity contribution in [2.75, 3.05) is 7.11 Å². The highest BCUT2D eigenvalue weighted by Crippen LogP contribution is 2.51. The van der Waals surface area contributed by atoms with Crippen LogP contribution in [0.3, 0.4) is 0 Å². The molecule has 3 nitrogen and oxygen atoms in total. The summed E-state index contributed by atoms with van der Waals surface area (Å²) in [5, 5.41) is 0. The number of fused-ring (bicyclic) bond motifs is 2. The third-order valence-corrected chi connectivity index (χ3v) is 5.24. The molecule has 2 aromatic carbocycles. The highest BCUT2D eigenvalue weighted by atomic mass is 16.5. The van der Waals surface area contributed by atoms with Crippen LogP contribution in [0.15, 0.2) is 54.6 Å². The second kappa shape index (κ2) is 5.73. The molecule has 1 atom stereocenters. The Kier molecular flexibility index (Phi) is 3.56. The molecule has 2 aromatic rings. The second-order valence-electron chi connectivity index (χ2n) is 6.60. The monoisotopic (exact) mass is 307 g/mol. The number of ether oxygens (including phenoxy) is 1. The van der Waals surface area contributed by atoms with E-state index in [-0.39, 0.29) is 12.0 Å². The summed E-state index contributed by atoms with van der Waals surface area (Å²) < 4.78 is 5.21. The molecule has 2 aliphatic heterocycles. The number of carbonyl (C=O) groups is 1. The Morgan fingerprint density at radius 1 is 1.04 bits per heavy atom. The van der Waals surface area contributed by atoms with Crippen LogP contribution in [0.1, 0.15) is 30.0 Å². The fraction of sp³-hybridized carbons (Fsp3) is 0.350. The number of hydrogen-bond acceptors (Lipinski definition) is 2. The van der Waals surface area contributed by atoms with E-state index in [0.29, 0.717) is 18.4 Å². The first kappa shape index (κ1) is 14.3. The molecule has 2 bridgehead atoms. The molecule has 0 radical (unpaired) electrons. The maximum Gasteiger partial charge on any atom is 0.226 e. The second-order valence-corrected chi connectivity index (χ2v) is 6.60. The van der Waals surface area contributed by atoms with Crippen LogP contribution >= 0.6 is 0 Å². The number of amides is 1. The first-order valence-electron chi connectivity index (χ1n) is 8.24. The van der Waals surface area contributed by atoms with Crippen LogP contribution in [0, 0.1) is 11.8 Å². The normalized spacial score (nSPS) is 25.9. The topological polar surface area (TPSA) is 29.5 Å². The molecule has 0 N–H and O–H groups in total. The highest BCUT2D eigenvalue weighted by Gasteiger charge is 2.50. The zero-order valence-corrected chi connectivity index (χ0v) is 13.3. The lowest BCUT2D eigenvalue weighted by molar-refractivity contribution is -0.158. The number of rotatable bonds is 4. The largest absolute Gasteiger partial charge is 0.497 e. The van der Waals surface area contributed by atoms with Gasteiger partial charge in [0.05, 0.1) is 13.2 Å². The van der Waals surface area contributed by atoms with Crippen LogP contribution in [0.4, 0.5) is 0 Å². The molecule has 1 amide bonds. The molecule has 1 saturated carbocycles. The third-order valence-electron chi connectivity index (χ3n) is 5.24. The van der Waals surface area contributed by atoms with Gasteiger partial charge in [-0.1, -0.05) is 42.5 Å². The molecule has 2 saturated heterocycles. The third kappa shape index (κ3) is 2.50. The predicted octanol–water partition coefficient (Wildman–Crippen LogP) is 3.80. The molecule has 118 valence electrons. The summed E-state index contributed by atoms with van der Waals surface area (Å²) in [5.74, 6) is 2.02. The van der Waals surface area contributed by atoms with E-state index in [1.807, 2.05) is 30.3 Å². The van der Waals surface area contributed by atoms with E-state index in [0.717, 1.165) is 24.2 Å². The molecular weight excluding hydrogens is 286 g/mol. The highest BCUT2D eigenvalue weighted by molar-refractivity contribution is 5.82.